The van der Waals surface area contributed by atoms with Crippen LogP contribution in [0.5, 0.6) is 0 Å². The molecule has 2 rings (SSSR count). The molecule has 2 N–H and O–H groups in total. The van der Waals surface area contributed by atoms with Crippen molar-refractivity contribution in [2.75, 3.05) is 11.9 Å². The average molecular weight is 296 g/mol. The molecule has 0 bridgehead atoms. The normalized spacial score (nSPS) is 11.9. The van der Waals surface area contributed by atoms with E-state index in [1.165, 1.54) is 0 Å². The lowest BCUT2D eigenvalue weighted by molar-refractivity contribution is -0.121. The number of likely N-dealkylation sites (N-methyl/N-ethyl adjacent to an activating group) is 1. The number of aromatic nitrogens is 5. The molecule has 2 heterocycles. The molecule has 106 valence electrons. The van der Waals surface area contributed by atoms with Gasteiger partial charge in [-0.1, -0.05) is 0 Å². The molecule has 1 amide bonds. The molecular weight excluding hydrogens is 282 g/mol. The summed E-state index contributed by atoms with van der Waals surface area (Å²) in [5, 5.41) is 5.62. The van der Waals surface area contributed by atoms with Crippen molar-refractivity contribution in [2.24, 2.45) is 0 Å². The van der Waals surface area contributed by atoms with Crippen LogP contribution in [0.3, 0.4) is 0 Å². The van der Waals surface area contributed by atoms with Gasteiger partial charge in [0.1, 0.15) is 12.4 Å². The molecule has 0 aromatic carbocycles. The Morgan fingerprint density at radius 3 is 2.90 bits per heavy atom. The minimum absolute atomic E-state index is 0.0364. The first-order valence-corrected chi connectivity index (χ1v) is 6.42. The lowest BCUT2D eigenvalue weighted by Gasteiger charge is -2.13. The third kappa shape index (κ3) is 3.41. The number of halogens is 1. The molecule has 0 spiro atoms. The second-order valence-corrected chi connectivity index (χ2v) is 4.30. The van der Waals surface area contributed by atoms with Gasteiger partial charge in [0.25, 0.3) is 0 Å². The number of carbonyl (C=O) groups excluding carboxylic acids is 1. The van der Waals surface area contributed by atoms with Crippen molar-refractivity contribution < 1.29 is 4.79 Å². The summed E-state index contributed by atoms with van der Waals surface area (Å²) in [5.41, 5.74) is 0. The van der Waals surface area contributed by atoms with E-state index in [0.717, 1.165) is 0 Å². The fraction of sp³-hybridized carbons (Fsp3) is 0.364. The van der Waals surface area contributed by atoms with Gasteiger partial charge in [-0.25, -0.2) is 4.98 Å². The summed E-state index contributed by atoms with van der Waals surface area (Å²) in [6, 6.07) is -0.482. The van der Waals surface area contributed by atoms with Crippen LogP contribution in [0, 0.1) is 0 Å². The molecule has 20 heavy (non-hydrogen) atoms. The van der Waals surface area contributed by atoms with Crippen LogP contribution in [-0.2, 0) is 4.79 Å². The average Bonchev–Trinajstić information content (AvgIpc) is 2.92. The van der Waals surface area contributed by atoms with Crippen molar-refractivity contribution in [3.05, 3.63) is 24.0 Å². The first-order valence-electron chi connectivity index (χ1n) is 6.04. The van der Waals surface area contributed by atoms with Gasteiger partial charge in [-0.15, -0.1) is 0 Å². The van der Waals surface area contributed by atoms with Crippen molar-refractivity contribution in [2.45, 2.75) is 19.9 Å². The molecule has 0 aliphatic heterocycles. The summed E-state index contributed by atoms with van der Waals surface area (Å²) in [7, 11) is 0. The van der Waals surface area contributed by atoms with Gasteiger partial charge in [-0.05, 0) is 25.4 Å². The Kier molecular flexibility index (Phi) is 4.46. The van der Waals surface area contributed by atoms with E-state index in [1.807, 2.05) is 6.92 Å². The SMILES string of the molecule is CCNC(=O)C(C)Nc1nc(Cl)nc(-n2ccnc2)n1. The summed E-state index contributed by atoms with van der Waals surface area (Å²) in [6.07, 6.45) is 4.83. The number of hydrogen-bond acceptors (Lipinski definition) is 6. The number of nitrogens with zero attached hydrogens (tertiary/aromatic N) is 5. The van der Waals surface area contributed by atoms with E-state index in [9.17, 15) is 4.79 Å². The van der Waals surface area contributed by atoms with Gasteiger partial charge in [0.05, 0.1) is 0 Å². The molecule has 0 fully saturated rings. The Balaban J connectivity index is 2.18. The maximum absolute atomic E-state index is 11.7. The highest BCUT2D eigenvalue weighted by Gasteiger charge is 2.14. The van der Waals surface area contributed by atoms with Crippen LogP contribution >= 0.6 is 11.6 Å². The second kappa shape index (κ2) is 6.29. The number of anilines is 1. The summed E-state index contributed by atoms with van der Waals surface area (Å²) in [5.74, 6) is 0.411. The Labute approximate surface area is 120 Å². The van der Waals surface area contributed by atoms with Gasteiger partial charge in [-0.2, -0.15) is 15.0 Å². The number of nitrogens with one attached hydrogen (secondary N) is 2. The van der Waals surface area contributed by atoms with E-state index < -0.39 is 6.04 Å². The zero-order chi connectivity index (χ0) is 14.5. The molecule has 2 aromatic rings. The number of amides is 1. The predicted molar refractivity (Wildman–Crippen MR) is 73.7 cm³/mol. The van der Waals surface area contributed by atoms with E-state index in [1.54, 1.807) is 30.2 Å². The lowest BCUT2D eigenvalue weighted by Crippen LogP contribution is -2.37. The van der Waals surface area contributed by atoms with Gasteiger partial charge < -0.3 is 10.6 Å². The van der Waals surface area contributed by atoms with Crippen LogP contribution in [0.2, 0.25) is 5.28 Å². The van der Waals surface area contributed by atoms with Crippen molar-refractivity contribution >= 4 is 23.5 Å². The lowest BCUT2D eigenvalue weighted by atomic mass is 10.3. The molecule has 0 saturated carbocycles. The second-order valence-electron chi connectivity index (χ2n) is 3.96. The predicted octanol–water partition coefficient (Wildman–Crippen LogP) is 0.647. The minimum atomic E-state index is -0.482. The molecule has 8 nitrogen and oxygen atoms in total. The van der Waals surface area contributed by atoms with E-state index in [-0.39, 0.29) is 17.1 Å². The van der Waals surface area contributed by atoms with Crippen molar-refractivity contribution in [1.29, 1.82) is 0 Å². The third-order valence-corrected chi connectivity index (χ3v) is 2.59. The van der Waals surface area contributed by atoms with Crippen molar-refractivity contribution in [3.63, 3.8) is 0 Å². The minimum Gasteiger partial charge on any atom is -0.355 e. The zero-order valence-corrected chi connectivity index (χ0v) is 11.8. The zero-order valence-electron chi connectivity index (χ0n) is 11.0. The maximum Gasteiger partial charge on any atom is 0.242 e. The molecule has 1 unspecified atom stereocenters. The molecule has 0 aliphatic carbocycles. The van der Waals surface area contributed by atoms with Crippen LogP contribution < -0.4 is 10.6 Å². The van der Waals surface area contributed by atoms with E-state index in [4.69, 9.17) is 11.6 Å². The standard InChI is InChI=1S/C11H14ClN7O/c1-3-14-8(20)7(2)15-10-16-9(12)17-11(18-10)19-5-4-13-6-19/h4-7H,3H2,1-2H3,(H,14,20)(H,15,16,17,18). The molecule has 9 heteroatoms. The Morgan fingerprint density at radius 1 is 1.45 bits per heavy atom. The largest absolute Gasteiger partial charge is 0.355 e. The first-order chi connectivity index (χ1) is 9.60. The van der Waals surface area contributed by atoms with E-state index >= 15 is 0 Å². The van der Waals surface area contributed by atoms with Gasteiger partial charge in [0.2, 0.25) is 23.1 Å². The molecule has 0 saturated heterocycles. The quantitative estimate of drug-likeness (QED) is 0.840. The highest BCUT2D eigenvalue weighted by molar-refractivity contribution is 6.28. The summed E-state index contributed by atoms with van der Waals surface area (Å²) >= 11 is 5.85. The summed E-state index contributed by atoms with van der Waals surface area (Å²) in [6.45, 7) is 4.12. The number of rotatable bonds is 5. The van der Waals surface area contributed by atoms with E-state index in [0.29, 0.717) is 12.5 Å². The highest BCUT2D eigenvalue weighted by Crippen LogP contribution is 2.10. The fourth-order valence-electron chi connectivity index (χ4n) is 1.48. The number of hydrogen-bond donors (Lipinski definition) is 2. The Morgan fingerprint density at radius 2 is 2.25 bits per heavy atom. The maximum atomic E-state index is 11.7. The van der Waals surface area contributed by atoms with Crippen molar-refractivity contribution in [3.8, 4) is 5.95 Å². The molecule has 0 aliphatic rings. The van der Waals surface area contributed by atoms with Gasteiger partial charge in [0, 0.05) is 18.9 Å². The molecular formula is C11H14ClN7O. The van der Waals surface area contributed by atoms with Gasteiger partial charge in [-0.3, -0.25) is 9.36 Å². The fourth-order valence-corrected chi connectivity index (χ4v) is 1.64. The topological polar surface area (TPSA) is 97.6 Å². The van der Waals surface area contributed by atoms with Crippen LogP contribution in [0.1, 0.15) is 13.8 Å². The van der Waals surface area contributed by atoms with Crippen LogP contribution in [0.25, 0.3) is 5.95 Å². The summed E-state index contributed by atoms with van der Waals surface area (Å²) in [4.78, 5) is 27.7. The van der Waals surface area contributed by atoms with Crippen LogP contribution in [0.4, 0.5) is 5.95 Å². The molecule has 1 atom stereocenters. The van der Waals surface area contributed by atoms with Gasteiger partial charge in [0.15, 0.2) is 0 Å². The summed E-state index contributed by atoms with van der Waals surface area (Å²) < 4.78 is 1.59. The molecule has 0 radical (unpaired) electrons. The van der Waals surface area contributed by atoms with E-state index in [2.05, 4.69) is 30.6 Å². The highest BCUT2D eigenvalue weighted by atomic mass is 35.5. The van der Waals surface area contributed by atoms with Crippen LogP contribution in [-0.4, -0.2) is 43.0 Å². The Hall–Kier alpha value is -2.22. The third-order valence-electron chi connectivity index (χ3n) is 2.42. The number of imidazole rings is 1. The monoisotopic (exact) mass is 295 g/mol. The smallest absolute Gasteiger partial charge is 0.242 e. The van der Waals surface area contributed by atoms with Crippen molar-refractivity contribution in [1.82, 2.24) is 29.8 Å². The van der Waals surface area contributed by atoms with Crippen LogP contribution in [0.15, 0.2) is 18.7 Å². The number of carbonyl (C=O) groups is 1. The molecule has 2 aromatic heterocycles. The Bertz CT molecular complexity index is 586. The first kappa shape index (κ1) is 14.2. The van der Waals surface area contributed by atoms with Gasteiger partial charge >= 0.3 is 0 Å².